The van der Waals surface area contributed by atoms with Gasteiger partial charge >= 0.3 is 0 Å². The molecule has 13 heavy (non-hydrogen) atoms. The summed E-state index contributed by atoms with van der Waals surface area (Å²) >= 11 is 0. The van der Waals surface area contributed by atoms with Crippen molar-refractivity contribution in [2.24, 2.45) is 0 Å². The highest BCUT2D eigenvalue weighted by Gasteiger charge is 2.31. The summed E-state index contributed by atoms with van der Waals surface area (Å²) in [5.74, 6) is -2.12. The molecule has 0 aromatic carbocycles. The second-order valence-electron chi connectivity index (χ2n) is 1.97. The molecule has 0 heterocycles. The van der Waals surface area contributed by atoms with E-state index in [9.17, 15) is 19.5 Å². The maximum Gasteiger partial charge on any atom is 0.295 e. The Labute approximate surface area is 73.2 Å². The zero-order valence-electron chi connectivity index (χ0n) is 6.54. The molecule has 0 aliphatic rings. The number of carbonyl (C=O) groups is 3. The SMILES string of the molecule is O=COCC(O)(COC=O)OC=O. The van der Waals surface area contributed by atoms with Crippen LogP contribution in [0.2, 0.25) is 0 Å². The third-order valence-corrected chi connectivity index (χ3v) is 1.02. The van der Waals surface area contributed by atoms with E-state index in [0.717, 1.165) is 0 Å². The van der Waals surface area contributed by atoms with Crippen LogP contribution in [0, 0.1) is 0 Å². The average molecular weight is 192 g/mol. The van der Waals surface area contributed by atoms with E-state index in [1.807, 2.05) is 0 Å². The van der Waals surface area contributed by atoms with Crippen molar-refractivity contribution in [3.8, 4) is 0 Å². The molecule has 0 saturated carbocycles. The first-order valence-corrected chi connectivity index (χ1v) is 3.13. The summed E-state index contributed by atoms with van der Waals surface area (Å²) in [6, 6.07) is 0. The van der Waals surface area contributed by atoms with E-state index < -0.39 is 19.0 Å². The van der Waals surface area contributed by atoms with E-state index in [4.69, 9.17) is 0 Å². The van der Waals surface area contributed by atoms with Gasteiger partial charge in [-0.1, -0.05) is 0 Å². The summed E-state index contributed by atoms with van der Waals surface area (Å²) in [4.78, 5) is 29.4. The fourth-order valence-electron chi connectivity index (χ4n) is 0.528. The van der Waals surface area contributed by atoms with Gasteiger partial charge in [0.2, 0.25) is 0 Å². The smallest absolute Gasteiger partial charge is 0.295 e. The lowest BCUT2D eigenvalue weighted by molar-refractivity contribution is -0.232. The number of hydrogen-bond donors (Lipinski definition) is 1. The van der Waals surface area contributed by atoms with E-state index in [-0.39, 0.29) is 19.4 Å². The molecular formula is C6H8O7. The van der Waals surface area contributed by atoms with Gasteiger partial charge in [-0.15, -0.1) is 0 Å². The van der Waals surface area contributed by atoms with Crippen LogP contribution in [-0.2, 0) is 28.6 Å². The summed E-state index contributed by atoms with van der Waals surface area (Å²) in [6.07, 6.45) is 0. The normalized spacial score (nSPS) is 9.92. The van der Waals surface area contributed by atoms with Crippen LogP contribution in [0.3, 0.4) is 0 Å². The molecular weight excluding hydrogens is 184 g/mol. The minimum Gasteiger partial charge on any atom is -0.461 e. The second-order valence-corrected chi connectivity index (χ2v) is 1.97. The molecule has 0 aliphatic carbocycles. The molecule has 0 aromatic heterocycles. The fraction of sp³-hybridized carbons (Fsp3) is 0.500. The largest absolute Gasteiger partial charge is 0.461 e. The highest BCUT2D eigenvalue weighted by Crippen LogP contribution is 2.05. The van der Waals surface area contributed by atoms with Gasteiger partial charge in [-0.3, -0.25) is 14.4 Å². The summed E-state index contributed by atoms with van der Waals surface area (Å²) in [5, 5.41) is 9.25. The zero-order chi connectivity index (χ0) is 10.2. The average Bonchev–Trinajstić information content (AvgIpc) is 2.12. The van der Waals surface area contributed by atoms with Crippen LogP contribution < -0.4 is 0 Å². The number of hydrogen-bond acceptors (Lipinski definition) is 7. The predicted molar refractivity (Wildman–Crippen MR) is 36.1 cm³/mol. The Kier molecular flexibility index (Phi) is 5.20. The maximum atomic E-state index is 9.88. The van der Waals surface area contributed by atoms with Crippen molar-refractivity contribution >= 4 is 19.4 Å². The van der Waals surface area contributed by atoms with Gasteiger partial charge in [-0.25, -0.2) is 0 Å². The van der Waals surface area contributed by atoms with Gasteiger partial charge in [0.05, 0.1) is 0 Å². The van der Waals surface area contributed by atoms with E-state index >= 15 is 0 Å². The van der Waals surface area contributed by atoms with E-state index in [1.54, 1.807) is 0 Å². The first kappa shape index (κ1) is 11.4. The summed E-state index contributed by atoms with van der Waals surface area (Å²) < 4.78 is 12.4. The topological polar surface area (TPSA) is 99.1 Å². The highest BCUT2D eigenvalue weighted by atomic mass is 16.7. The molecule has 0 unspecified atom stereocenters. The Balaban J connectivity index is 4.04. The molecule has 0 saturated heterocycles. The lowest BCUT2D eigenvalue weighted by Crippen LogP contribution is -2.42. The highest BCUT2D eigenvalue weighted by molar-refractivity contribution is 5.40. The molecule has 1 N–H and O–H groups in total. The number of rotatable bonds is 8. The first-order chi connectivity index (χ1) is 6.18. The van der Waals surface area contributed by atoms with Crippen molar-refractivity contribution in [3.05, 3.63) is 0 Å². The molecule has 0 aliphatic heterocycles. The minimum atomic E-state index is -2.12. The Morgan fingerprint density at radius 2 is 1.46 bits per heavy atom. The van der Waals surface area contributed by atoms with Gasteiger partial charge in [0, 0.05) is 0 Å². The van der Waals surface area contributed by atoms with Crippen molar-refractivity contribution in [1.29, 1.82) is 0 Å². The maximum absolute atomic E-state index is 9.88. The van der Waals surface area contributed by atoms with Gasteiger partial charge in [0.1, 0.15) is 0 Å². The van der Waals surface area contributed by atoms with Crippen molar-refractivity contribution in [1.82, 2.24) is 0 Å². The van der Waals surface area contributed by atoms with Gasteiger partial charge in [-0.05, 0) is 0 Å². The molecule has 0 amide bonds. The van der Waals surface area contributed by atoms with Crippen LogP contribution in [-0.4, -0.2) is 43.5 Å². The lowest BCUT2D eigenvalue weighted by atomic mass is 10.3. The molecule has 0 fully saturated rings. The number of ether oxygens (including phenoxy) is 3. The minimum absolute atomic E-state index is 0.0532. The van der Waals surface area contributed by atoms with Crippen molar-refractivity contribution < 1.29 is 33.7 Å². The molecule has 0 bridgehead atoms. The monoisotopic (exact) mass is 192 g/mol. The standard InChI is InChI=1S/C6H8O7/c7-3-11-1-6(10,13-5-9)2-12-4-8/h3-5,10H,1-2H2. The number of aliphatic hydroxyl groups is 1. The van der Waals surface area contributed by atoms with Gasteiger partial charge in [-0.2, -0.15) is 0 Å². The summed E-state index contributed by atoms with van der Waals surface area (Å²) in [5.41, 5.74) is 0. The van der Waals surface area contributed by atoms with Crippen LogP contribution in [0.1, 0.15) is 0 Å². The third-order valence-electron chi connectivity index (χ3n) is 1.02. The third kappa shape index (κ3) is 4.75. The number of carbonyl (C=O) groups excluding carboxylic acids is 3. The molecule has 0 aromatic rings. The van der Waals surface area contributed by atoms with Crippen LogP contribution in [0.25, 0.3) is 0 Å². The molecule has 0 atom stereocenters. The van der Waals surface area contributed by atoms with Gasteiger partial charge < -0.3 is 19.3 Å². The fourth-order valence-corrected chi connectivity index (χ4v) is 0.528. The van der Waals surface area contributed by atoms with Crippen molar-refractivity contribution in [2.45, 2.75) is 5.79 Å². The van der Waals surface area contributed by atoms with Crippen molar-refractivity contribution in [2.75, 3.05) is 13.2 Å². The molecule has 0 rings (SSSR count). The van der Waals surface area contributed by atoms with E-state index in [0.29, 0.717) is 0 Å². The van der Waals surface area contributed by atoms with Crippen LogP contribution in [0.15, 0.2) is 0 Å². The van der Waals surface area contributed by atoms with Gasteiger partial charge in [0.25, 0.3) is 25.2 Å². The molecule has 7 heteroatoms. The second kappa shape index (κ2) is 5.95. The Morgan fingerprint density at radius 3 is 1.77 bits per heavy atom. The Hall–Kier alpha value is -1.63. The zero-order valence-corrected chi connectivity index (χ0v) is 6.54. The molecule has 74 valence electrons. The Bertz CT molecular complexity index is 166. The van der Waals surface area contributed by atoms with E-state index in [2.05, 4.69) is 14.2 Å². The van der Waals surface area contributed by atoms with Crippen molar-refractivity contribution in [3.63, 3.8) is 0 Å². The van der Waals surface area contributed by atoms with Gasteiger partial charge in [0.15, 0.2) is 13.2 Å². The molecule has 0 spiro atoms. The van der Waals surface area contributed by atoms with E-state index in [1.165, 1.54) is 0 Å². The molecule has 0 radical (unpaired) electrons. The molecule has 7 nitrogen and oxygen atoms in total. The van der Waals surface area contributed by atoms with Crippen LogP contribution >= 0.6 is 0 Å². The lowest BCUT2D eigenvalue weighted by Gasteiger charge is -2.22. The Morgan fingerprint density at radius 1 is 1.00 bits per heavy atom. The quantitative estimate of drug-likeness (QED) is 0.275. The van der Waals surface area contributed by atoms with Crippen LogP contribution in [0.5, 0.6) is 0 Å². The van der Waals surface area contributed by atoms with Crippen LogP contribution in [0.4, 0.5) is 0 Å². The predicted octanol–water partition coefficient (Wildman–Crippen LogP) is -1.81. The first-order valence-electron chi connectivity index (χ1n) is 3.13. The summed E-state index contributed by atoms with van der Waals surface area (Å²) in [6.45, 7) is -1.16. The summed E-state index contributed by atoms with van der Waals surface area (Å²) in [7, 11) is 0.